The molecule has 122 valence electrons. The molecule has 1 atom stereocenters. The van der Waals surface area contributed by atoms with Crippen LogP contribution in [0.25, 0.3) is 0 Å². The number of phenols is 1. The fraction of sp³-hybridized carbons (Fsp3) is 0.294. The van der Waals surface area contributed by atoms with Crippen molar-refractivity contribution in [2.24, 2.45) is 0 Å². The average Bonchev–Trinajstić information content (AvgIpc) is 3.03. The molecule has 0 bridgehead atoms. The van der Waals surface area contributed by atoms with Crippen LogP contribution in [0.15, 0.2) is 30.3 Å². The SMILES string of the molecule is COc1ccc([C@H](OC)c2cc3c(cc2O)OCO3)c(OC)c1. The minimum Gasteiger partial charge on any atom is -0.507 e. The van der Waals surface area contributed by atoms with Crippen LogP contribution in [0.4, 0.5) is 0 Å². The van der Waals surface area contributed by atoms with Gasteiger partial charge in [0.2, 0.25) is 6.79 Å². The van der Waals surface area contributed by atoms with Gasteiger partial charge in [0.15, 0.2) is 11.5 Å². The van der Waals surface area contributed by atoms with Crippen LogP contribution in [-0.4, -0.2) is 33.2 Å². The second-order valence-corrected chi connectivity index (χ2v) is 4.99. The summed E-state index contributed by atoms with van der Waals surface area (Å²) in [5, 5.41) is 10.3. The number of rotatable bonds is 5. The quantitative estimate of drug-likeness (QED) is 0.914. The highest BCUT2D eigenvalue weighted by atomic mass is 16.7. The largest absolute Gasteiger partial charge is 0.507 e. The molecular formula is C17H18O6. The molecule has 0 saturated heterocycles. The summed E-state index contributed by atoms with van der Waals surface area (Å²) in [5.74, 6) is 2.44. The van der Waals surface area contributed by atoms with Crippen molar-refractivity contribution in [3.8, 4) is 28.7 Å². The van der Waals surface area contributed by atoms with Gasteiger partial charge in [-0.25, -0.2) is 0 Å². The molecule has 1 heterocycles. The van der Waals surface area contributed by atoms with E-state index in [9.17, 15) is 5.11 Å². The predicted octanol–water partition coefficient (Wildman–Crippen LogP) is 2.87. The summed E-state index contributed by atoms with van der Waals surface area (Å²) in [6.45, 7) is 0.141. The number of hydrogen-bond donors (Lipinski definition) is 1. The first-order valence-corrected chi connectivity index (χ1v) is 7.05. The lowest BCUT2D eigenvalue weighted by atomic mass is 9.98. The molecule has 2 aromatic carbocycles. The highest BCUT2D eigenvalue weighted by molar-refractivity contribution is 5.55. The third kappa shape index (κ3) is 2.73. The first-order chi connectivity index (χ1) is 11.2. The number of ether oxygens (including phenoxy) is 5. The fourth-order valence-electron chi connectivity index (χ4n) is 2.61. The third-order valence-electron chi connectivity index (χ3n) is 3.76. The Bertz CT molecular complexity index is 712. The summed E-state index contributed by atoms with van der Waals surface area (Å²) in [5.41, 5.74) is 1.34. The maximum atomic E-state index is 10.3. The zero-order valence-corrected chi connectivity index (χ0v) is 13.2. The summed E-state index contributed by atoms with van der Waals surface area (Å²) in [7, 11) is 4.73. The van der Waals surface area contributed by atoms with E-state index in [1.165, 1.54) is 6.07 Å². The Labute approximate surface area is 134 Å². The third-order valence-corrected chi connectivity index (χ3v) is 3.76. The number of hydrogen-bond acceptors (Lipinski definition) is 6. The van der Waals surface area contributed by atoms with Gasteiger partial charge in [0.1, 0.15) is 23.4 Å². The Morgan fingerprint density at radius 2 is 1.70 bits per heavy atom. The molecule has 1 aliphatic heterocycles. The molecule has 0 radical (unpaired) electrons. The minimum absolute atomic E-state index is 0.0685. The van der Waals surface area contributed by atoms with Gasteiger partial charge in [-0.15, -0.1) is 0 Å². The molecule has 0 spiro atoms. The lowest BCUT2D eigenvalue weighted by Gasteiger charge is -2.20. The Morgan fingerprint density at radius 1 is 0.957 bits per heavy atom. The maximum absolute atomic E-state index is 10.3. The molecule has 0 amide bonds. The molecular weight excluding hydrogens is 300 g/mol. The first-order valence-electron chi connectivity index (χ1n) is 7.05. The molecule has 0 aliphatic carbocycles. The van der Waals surface area contributed by atoms with E-state index < -0.39 is 6.10 Å². The van der Waals surface area contributed by atoms with Gasteiger partial charge >= 0.3 is 0 Å². The predicted molar refractivity (Wildman–Crippen MR) is 82.6 cm³/mol. The lowest BCUT2D eigenvalue weighted by Crippen LogP contribution is -2.06. The van der Waals surface area contributed by atoms with Crippen molar-refractivity contribution in [1.29, 1.82) is 0 Å². The van der Waals surface area contributed by atoms with Crippen LogP contribution in [0.5, 0.6) is 28.7 Å². The Kier molecular flexibility index (Phi) is 4.16. The molecule has 1 aliphatic rings. The van der Waals surface area contributed by atoms with Crippen LogP contribution in [0.2, 0.25) is 0 Å². The van der Waals surface area contributed by atoms with Gasteiger partial charge < -0.3 is 28.8 Å². The molecule has 0 unspecified atom stereocenters. The first kappa shape index (κ1) is 15.3. The van der Waals surface area contributed by atoms with Crippen molar-refractivity contribution < 1.29 is 28.8 Å². The zero-order chi connectivity index (χ0) is 16.4. The van der Waals surface area contributed by atoms with Crippen LogP contribution in [0.1, 0.15) is 17.2 Å². The number of phenolic OH excluding ortho intramolecular Hbond substituents is 1. The van der Waals surface area contributed by atoms with Gasteiger partial charge in [0, 0.05) is 30.4 Å². The van der Waals surface area contributed by atoms with Crippen molar-refractivity contribution in [3.63, 3.8) is 0 Å². The molecule has 2 aromatic rings. The van der Waals surface area contributed by atoms with E-state index in [2.05, 4.69) is 0 Å². The maximum Gasteiger partial charge on any atom is 0.231 e. The molecule has 3 rings (SSSR count). The number of fused-ring (bicyclic) bond motifs is 1. The van der Waals surface area contributed by atoms with Gasteiger partial charge in [0.25, 0.3) is 0 Å². The van der Waals surface area contributed by atoms with E-state index in [4.69, 9.17) is 23.7 Å². The number of benzene rings is 2. The summed E-state index contributed by atoms with van der Waals surface area (Å²) in [6.07, 6.45) is -0.523. The molecule has 0 fully saturated rings. The Balaban J connectivity index is 2.07. The van der Waals surface area contributed by atoms with Crippen molar-refractivity contribution in [3.05, 3.63) is 41.5 Å². The van der Waals surface area contributed by atoms with E-state index in [1.807, 2.05) is 12.1 Å². The molecule has 0 saturated carbocycles. The van der Waals surface area contributed by atoms with Gasteiger partial charge in [0.05, 0.1) is 14.2 Å². The van der Waals surface area contributed by atoms with Gasteiger partial charge in [-0.2, -0.15) is 0 Å². The lowest BCUT2D eigenvalue weighted by molar-refractivity contribution is 0.131. The zero-order valence-electron chi connectivity index (χ0n) is 13.2. The summed E-state index contributed by atoms with van der Waals surface area (Å²) in [4.78, 5) is 0. The van der Waals surface area contributed by atoms with Crippen molar-refractivity contribution in [1.82, 2.24) is 0 Å². The number of methoxy groups -OCH3 is 3. The van der Waals surface area contributed by atoms with Crippen LogP contribution in [0, 0.1) is 0 Å². The highest BCUT2D eigenvalue weighted by Crippen LogP contribution is 2.44. The number of aromatic hydroxyl groups is 1. The van der Waals surface area contributed by atoms with E-state index in [0.29, 0.717) is 28.6 Å². The van der Waals surface area contributed by atoms with Crippen LogP contribution >= 0.6 is 0 Å². The van der Waals surface area contributed by atoms with Crippen molar-refractivity contribution >= 4 is 0 Å². The second-order valence-electron chi connectivity index (χ2n) is 4.99. The van der Waals surface area contributed by atoms with Gasteiger partial charge in [-0.3, -0.25) is 0 Å². The normalized spacial score (nSPS) is 13.7. The summed E-state index contributed by atoms with van der Waals surface area (Å²) < 4.78 is 26.9. The molecule has 23 heavy (non-hydrogen) atoms. The topological polar surface area (TPSA) is 66.4 Å². The standard InChI is InChI=1S/C17H18O6/c1-19-10-4-5-11(14(6-10)20-2)17(21-3)12-7-15-16(8-13(12)18)23-9-22-15/h4-8,17-18H,9H2,1-3H3/t17-/m0/s1. The average molecular weight is 318 g/mol. The summed E-state index contributed by atoms with van der Waals surface area (Å²) in [6, 6.07) is 8.67. The van der Waals surface area contributed by atoms with Crippen LogP contribution in [0.3, 0.4) is 0 Å². The Morgan fingerprint density at radius 3 is 2.35 bits per heavy atom. The second kappa shape index (κ2) is 6.26. The highest BCUT2D eigenvalue weighted by Gasteiger charge is 2.25. The van der Waals surface area contributed by atoms with Crippen molar-refractivity contribution in [2.75, 3.05) is 28.1 Å². The Hall–Kier alpha value is -2.60. The van der Waals surface area contributed by atoms with Gasteiger partial charge in [-0.1, -0.05) is 0 Å². The molecule has 1 N–H and O–H groups in total. The van der Waals surface area contributed by atoms with Crippen LogP contribution < -0.4 is 18.9 Å². The van der Waals surface area contributed by atoms with E-state index in [1.54, 1.807) is 33.5 Å². The van der Waals surface area contributed by atoms with E-state index in [-0.39, 0.29) is 12.5 Å². The van der Waals surface area contributed by atoms with E-state index >= 15 is 0 Å². The molecule has 6 heteroatoms. The minimum atomic E-state index is -0.523. The van der Waals surface area contributed by atoms with E-state index in [0.717, 1.165) is 5.56 Å². The van der Waals surface area contributed by atoms with Crippen molar-refractivity contribution in [2.45, 2.75) is 6.10 Å². The molecule has 6 nitrogen and oxygen atoms in total. The van der Waals surface area contributed by atoms with Crippen LogP contribution in [-0.2, 0) is 4.74 Å². The summed E-state index contributed by atoms with van der Waals surface area (Å²) >= 11 is 0. The van der Waals surface area contributed by atoms with Gasteiger partial charge in [-0.05, 0) is 18.2 Å². The monoisotopic (exact) mass is 318 g/mol. The molecule has 0 aromatic heterocycles. The smallest absolute Gasteiger partial charge is 0.231 e. The fourth-order valence-corrected chi connectivity index (χ4v) is 2.61.